The Kier molecular flexibility index (Phi) is 14.7. The maximum atomic E-state index is 12.3. The number of carboxylic acid groups (broad SMARTS) is 1. The number of nitrogens with zero attached hydrogens (tertiary/aromatic N) is 1. The first-order chi connectivity index (χ1) is 10.0. The van der Waals surface area contributed by atoms with E-state index in [4.69, 9.17) is 9.90 Å². The van der Waals surface area contributed by atoms with Crippen molar-refractivity contribution in [1.82, 2.24) is 9.62 Å². The van der Waals surface area contributed by atoms with Crippen molar-refractivity contribution in [2.24, 2.45) is 0 Å². The first-order valence-corrected chi connectivity index (χ1v) is 9.01. The fraction of sp³-hybridized carbons (Fsp3) is 0.667. The Morgan fingerprint density at radius 1 is 1.46 bits per heavy atom. The van der Waals surface area contributed by atoms with Crippen LogP contribution in [0.3, 0.4) is 0 Å². The number of hydrogen-bond donors (Lipinski definition) is 2. The minimum Gasteiger partial charge on any atom is -0.545 e. The molecule has 8 nitrogen and oxygen atoms in total. The molecule has 0 aromatic carbocycles. The number of aliphatic carboxylic acids is 1. The summed E-state index contributed by atoms with van der Waals surface area (Å²) in [5.74, 6) is -1.63. The summed E-state index contributed by atoms with van der Waals surface area (Å²) < 4.78 is 23.9. The van der Waals surface area contributed by atoms with Crippen LogP contribution in [0.5, 0.6) is 0 Å². The molecule has 1 fully saturated rings. The minimum absolute atomic E-state index is 0. The van der Waals surface area contributed by atoms with Crippen molar-refractivity contribution in [3.63, 3.8) is 0 Å². The van der Waals surface area contributed by atoms with Gasteiger partial charge in [-0.3, -0.25) is 16.4 Å². The zero-order valence-electron chi connectivity index (χ0n) is 13.6. The van der Waals surface area contributed by atoms with Crippen LogP contribution in [-0.4, -0.2) is 65.5 Å². The molecule has 0 unspecified atom stereocenters. The maximum Gasteiger partial charge on any atom is 0.323 e. The molecule has 24 heavy (non-hydrogen) atoms. The van der Waals surface area contributed by atoms with E-state index in [1.807, 2.05) is 0 Å². The monoisotopic (exact) mass is 492 g/mol. The molecule has 0 saturated carbocycles. The molecule has 0 bridgehead atoms. The molecule has 2 atom stereocenters. The van der Waals surface area contributed by atoms with E-state index >= 15 is 0 Å². The van der Waals surface area contributed by atoms with Gasteiger partial charge in [0.1, 0.15) is 6.04 Å². The molecule has 2 radical (unpaired) electrons. The number of nitrogens with one attached hydrogen (secondary N) is 1. The second-order valence-electron chi connectivity index (χ2n) is 5.12. The Bertz CT molecular complexity index is 532. The Labute approximate surface area is 184 Å². The van der Waals surface area contributed by atoms with E-state index < -0.39 is 38.7 Å². The third kappa shape index (κ3) is 7.84. The second kappa shape index (κ2) is 12.0. The molecule has 1 aliphatic rings. The molecule has 1 aliphatic heterocycles. The van der Waals surface area contributed by atoms with Crippen molar-refractivity contribution in [3.05, 3.63) is 6.92 Å². The number of carbonyl (C=O) groups excluding carboxylic acids is 2. The molecule has 1 amide bonds. The average Bonchev–Trinajstić information content (AvgIpc) is 2.73. The Morgan fingerprint density at radius 2 is 1.92 bits per heavy atom. The average molecular weight is 492 g/mol. The summed E-state index contributed by atoms with van der Waals surface area (Å²) in [7, 11) is -3.54. The third-order valence-electron chi connectivity index (χ3n) is 3.09. The molecule has 12 heteroatoms. The molecular formula is C12H20N2O6S2VY-2. The molecule has 0 aliphatic carbocycles. The Balaban J connectivity index is -0.00000106. The van der Waals surface area contributed by atoms with Gasteiger partial charge in [-0.05, 0) is 13.8 Å². The molecule has 1 rings (SSSR count). The summed E-state index contributed by atoms with van der Waals surface area (Å²) in [5, 5.41) is 11.3. The van der Waals surface area contributed by atoms with Gasteiger partial charge in [-0.1, -0.05) is 0 Å². The molecule has 0 spiro atoms. The number of carbonyl (C=O) groups is 2. The van der Waals surface area contributed by atoms with E-state index in [1.54, 1.807) is 13.8 Å². The van der Waals surface area contributed by atoms with Crippen LogP contribution in [0.4, 0.5) is 0 Å². The van der Waals surface area contributed by atoms with Crippen LogP contribution in [0.1, 0.15) is 20.3 Å². The van der Waals surface area contributed by atoms with E-state index in [2.05, 4.69) is 19.0 Å². The first kappa shape index (κ1) is 29.3. The molecular weight excluding hydrogens is 472 g/mol. The van der Waals surface area contributed by atoms with Gasteiger partial charge in [0.05, 0.1) is 18.2 Å². The zero-order valence-corrected chi connectivity index (χ0v) is 19.5. The minimum atomic E-state index is -3.54. The van der Waals surface area contributed by atoms with Crippen molar-refractivity contribution in [1.29, 1.82) is 0 Å². The number of carboxylic acids is 1. The van der Waals surface area contributed by atoms with Gasteiger partial charge in [-0.15, -0.1) is 11.8 Å². The summed E-state index contributed by atoms with van der Waals surface area (Å²) in [6.07, 6.45) is 1.02. The normalized spacial score (nSPS) is 20.4. The summed E-state index contributed by atoms with van der Waals surface area (Å²) in [6.45, 7) is 10.2. The first-order valence-electron chi connectivity index (χ1n) is 6.17. The van der Waals surface area contributed by atoms with E-state index in [9.17, 15) is 18.0 Å². The van der Waals surface area contributed by atoms with Gasteiger partial charge in [0.2, 0.25) is 15.9 Å². The topological polar surface area (TPSA) is 121 Å². The number of amides is 1. The fourth-order valence-electron chi connectivity index (χ4n) is 1.97. The van der Waals surface area contributed by atoms with Crippen LogP contribution >= 0.6 is 11.8 Å². The molecule has 0 aromatic heterocycles. The van der Waals surface area contributed by atoms with Crippen molar-refractivity contribution in [2.45, 2.75) is 37.1 Å². The summed E-state index contributed by atoms with van der Waals surface area (Å²) in [6, 6.07) is -2.05. The van der Waals surface area contributed by atoms with Crippen molar-refractivity contribution in [2.75, 3.05) is 12.1 Å². The van der Waals surface area contributed by atoms with Crippen LogP contribution in [0.2, 0.25) is 0 Å². The number of sulfonamides is 1. The largest absolute Gasteiger partial charge is 0.545 e. The van der Waals surface area contributed by atoms with Gasteiger partial charge in [-0.25, -0.2) is 8.42 Å². The quantitative estimate of drug-likeness (QED) is 0.397. The van der Waals surface area contributed by atoms with Crippen molar-refractivity contribution < 1.29 is 79.2 Å². The van der Waals surface area contributed by atoms with Crippen molar-refractivity contribution >= 4 is 40.5 Å². The van der Waals surface area contributed by atoms with Gasteiger partial charge in [-0.2, -0.15) is 10.7 Å². The maximum absolute atomic E-state index is 12.3. The second-order valence-corrected chi connectivity index (χ2v) is 8.65. The molecule has 1 saturated heterocycles. The standard InChI is InChI=1S/C11H19N2O5S2.CHO.V.Y/c1-5-7(10(15)16)12-9(14)8-11(2,3)19-6-13(8)20(4,17)18;1-2;;/h7-8H,1,5-6H2,2-4H3,(H,12,14)(H,15,16);1H;;/q2*-1;;/t7-,8+;;;/m0.../s1. The number of hydrogen-bond acceptors (Lipinski definition) is 6. The van der Waals surface area contributed by atoms with E-state index in [0.717, 1.165) is 10.6 Å². The fourth-order valence-corrected chi connectivity index (χ4v) is 4.71. The summed E-state index contributed by atoms with van der Waals surface area (Å²) in [5.41, 5.74) is 0. The van der Waals surface area contributed by atoms with E-state index in [0.29, 0.717) is 0 Å². The van der Waals surface area contributed by atoms with Gasteiger partial charge < -0.3 is 22.1 Å². The molecule has 1 heterocycles. The van der Waals surface area contributed by atoms with Gasteiger partial charge in [0.25, 0.3) is 0 Å². The van der Waals surface area contributed by atoms with Crippen LogP contribution in [0, 0.1) is 6.92 Å². The van der Waals surface area contributed by atoms with Gasteiger partial charge in [0, 0.05) is 56.0 Å². The Morgan fingerprint density at radius 3 is 2.25 bits per heavy atom. The molecule has 2 N–H and O–H groups in total. The van der Waals surface area contributed by atoms with Crippen molar-refractivity contribution in [3.8, 4) is 0 Å². The van der Waals surface area contributed by atoms with Crippen LogP contribution in [0.15, 0.2) is 0 Å². The smallest absolute Gasteiger partial charge is 0.323 e. The number of rotatable bonds is 5. The Hall–Kier alpha value is 0.558. The van der Waals surface area contributed by atoms with Crippen LogP contribution < -0.4 is 5.32 Å². The predicted molar refractivity (Wildman–Crippen MR) is 83.3 cm³/mol. The molecule has 136 valence electrons. The number of thioether (sulfide) groups is 1. The van der Waals surface area contributed by atoms with Crippen LogP contribution in [0.25, 0.3) is 0 Å². The van der Waals surface area contributed by atoms with Gasteiger partial charge in [0.15, 0.2) is 0 Å². The predicted octanol–water partition coefficient (Wildman–Crippen LogP) is -0.386. The summed E-state index contributed by atoms with van der Waals surface area (Å²) in [4.78, 5) is 30.9. The third-order valence-corrected chi connectivity index (χ3v) is 5.82. The summed E-state index contributed by atoms with van der Waals surface area (Å²) >= 11 is 1.34. The van der Waals surface area contributed by atoms with Crippen LogP contribution in [-0.2, 0) is 75.7 Å². The van der Waals surface area contributed by atoms with Gasteiger partial charge >= 0.3 is 5.97 Å². The van der Waals surface area contributed by atoms with E-state index in [1.165, 1.54) is 11.8 Å². The van der Waals surface area contributed by atoms with E-state index in [-0.39, 0.29) is 63.6 Å². The SMILES string of the molecule is [CH-]=O.[CH2-]C[C@H](NC(=O)[C@H]1N(S(C)(=O)=O)CSC1(C)C)C(=O)O.[V].[Y]. The zero-order chi connectivity index (χ0) is 17.7. The molecule has 0 aromatic rings.